The molecule has 1 fully saturated rings. The molecular weight excluding hydrogens is 400 g/mol. The molecule has 1 heterocycles. The molecule has 2 N–H and O–H groups in total. The number of amides is 1. The molecule has 0 spiro atoms. The Morgan fingerprint density at radius 1 is 1.10 bits per heavy atom. The highest BCUT2D eigenvalue weighted by atomic mass is 35.5. The second kappa shape index (κ2) is 10.2. The molecule has 162 valence electrons. The Hall–Kier alpha value is -2.24. The number of likely N-dealkylation sites (tertiary alicyclic amines) is 1. The van der Waals surface area contributed by atoms with Crippen molar-refractivity contribution in [3.05, 3.63) is 58.1 Å². The second-order valence-corrected chi connectivity index (χ2v) is 8.40. The molecule has 3 rings (SSSR count). The normalized spacial score (nSPS) is 16.4. The van der Waals surface area contributed by atoms with E-state index in [-0.39, 0.29) is 34.0 Å². The monoisotopic (exact) mass is 430 g/mol. The largest absolute Gasteiger partial charge is 0.507 e. The number of hydrogen-bond acceptors (Lipinski definition) is 4. The van der Waals surface area contributed by atoms with Crippen molar-refractivity contribution < 1.29 is 15.0 Å². The number of halogens is 1. The van der Waals surface area contributed by atoms with E-state index in [1.807, 2.05) is 0 Å². The minimum absolute atomic E-state index is 0.0269. The lowest BCUT2D eigenvalue weighted by Gasteiger charge is -2.26. The first-order valence-electron chi connectivity index (χ1n) is 10.8. The van der Waals surface area contributed by atoms with E-state index in [2.05, 4.69) is 43.0 Å². The molecule has 1 aliphatic heterocycles. The van der Waals surface area contributed by atoms with Crippen molar-refractivity contribution in [2.75, 3.05) is 19.6 Å². The summed E-state index contributed by atoms with van der Waals surface area (Å²) in [4.78, 5) is 17.3. The van der Waals surface area contributed by atoms with E-state index in [0.717, 1.165) is 56.9 Å². The van der Waals surface area contributed by atoms with Crippen LogP contribution >= 0.6 is 11.6 Å². The number of carbonyl (C=O) groups is 1. The van der Waals surface area contributed by atoms with Crippen LogP contribution in [-0.2, 0) is 6.54 Å². The molecule has 1 aliphatic rings. The van der Waals surface area contributed by atoms with Crippen molar-refractivity contribution in [2.45, 2.75) is 52.1 Å². The van der Waals surface area contributed by atoms with Gasteiger partial charge in [-0.1, -0.05) is 49.7 Å². The number of aromatic hydroxyl groups is 2. The predicted octanol–water partition coefficient (Wildman–Crippen LogP) is 5.35. The molecule has 1 atom stereocenters. The summed E-state index contributed by atoms with van der Waals surface area (Å²) in [5.74, 6) is -0.757. The van der Waals surface area contributed by atoms with Crippen LogP contribution in [-0.4, -0.2) is 45.6 Å². The van der Waals surface area contributed by atoms with Crippen LogP contribution in [0.15, 0.2) is 36.4 Å². The molecule has 6 heteroatoms. The van der Waals surface area contributed by atoms with E-state index in [1.165, 1.54) is 11.6 Å². The third-order valence-electron chi connectivity index (χ3n) is 5.66. The fraction of sp³-hybridized carbons (Fsp3) is 0.458. The average Bonchev–Trinajstić information content (AvgIpc) is 3.21. The van der Waals surface area contributed by atoms with Crippen molar-refractivity contribution in [3.63, 3.8) is 0 Å². The number of phenolic OH excluding ortho intramolecular Hbond substituents is 2. The van der Waals surface area contributed by atoms with E-state index in [4.69, 9.17) is 11.6 Å². The quantitative estimate of drug-likeness (QED) is 0.592. The number of hydrogen-bond donors (Lipinski definition) is 2. The lowest BCUT2D eigenvalue weighted by molar-refractivity contribution is 0.0732. The second-order valence-electron chi connectivity index (χ2n) is 8.00. The molecule has 5 nitrogen and oxygen atoms in total. The standard InChI is InChI=1S/C24H31ClN2O3/c1-3-11-26(12-4-2)16-17-7-9-18(10-8-17)21-6-5-13-27(21)24(30)19-14-20(25)23(29)15-22(19)28/h7-10,14-15,21,28-29H,3-6,11-13,16H2,1-2H3. The summed E-state index contributed by atoms with van der Waals surface area (Å²) >= 11 is 5.96. The number of benzene rings is 2. The van der Waals surface area contributed by atoms with E-state index in [9.17, 15) is 15.0 Å². The molecule has 1 amide bonds. The summed E-state index contributed by atoms with van der Waals surface area (Å²) in [6, 6.07) is 11.0. The topological polar surface area (TPSA) is 64.0 Å². The molecule has 0 aliphatic carbocycles. The van der Waals surface area contributed by atoms with Gasteiger partial charge >= 0.3 is 0 Å². The van der Waals surface area contributed by atoms with Crippen molar-refractivity contribution in [3.8, 4) is 11.5 Å². The van der Waals surface area contributed by atoms with Crippen LogP contribution < -0.4 is 0 Å². The van der Waals surface area contributed by atoms with Crippen molar-refractivity contribution in [2.24, 2.45) is 0 Å². The van der Waals surface area contributed by atoms with Gasteiger partial charge in [0.25, 0.3) is 5.91 Å². The Balaban J connectivity index is 1.75. The first-order valence-corrected chi connectivity index (χ1v) is 11.2. The van der Waals surface area contributed by atoms with Crippen LogP contribution in [0.4, 0.5) is 0 Å². The zero-order chi connectivity index (χ0) is 21.7. The highest BCUT2D eigenvalue weighted by Crippen LogP contribution is 2.37. The Labute approximate surface area is 183 Å². The highest BCUT2D eigenvalue weighted by molar-refractivity contribution is 6.32. The third kappa shape index (κ3) is 5.08. The zero-order valence-corrected chi connectivity index (χ0v) is 18.5. The van der Waals surface area contributed by atoms with Crippen LogP contribution in [0, 0.1) is 0 Å². The first-order chi connectivity index (χ1) is 14.4. The lowest BCUT2D eigenvalue weighted by atomic mass is 10.0. The molecule has 2 aromatic rings. The summed E-state index contributed by atoms with van der Waals surface area (Å²) < 4.78 is 0. The predicted molar refractivity (Wildman–Crippen MR) is 120 cm³/mol. The summed E-state index contributed by atoms with van der Waals surface area (Å²) in [5, 5.41) is 19.8. The Bertz CT molecular complexity index is 863. The van der Waals surface area contributed by atoms with Crippen LogP contribution in [0.2, 0.25) is 5.02 Å². The van der Waals surface area contributed by atoms with Gasteiger partial charge in [-0.25, -0.2) is 0 Å². The zero-order valence-electron chi connectivity index (χ0n) is 17.8. The first kappa shape index (κ1) is 22.4. The van der Waals surface area contributed by atoms with Gasteiger partial charge in [-0.05, 0) is 56.0 Å². The summed E-state index contributed by atoms with van der Waals surface area (Å²) in [7, 11) is 0. The number of nitrogens with zero attached hydrogens (tertiary/aromatic N) is 2. The van der Waals surface area contributed by atoms with Gasteiger partial charge in [0, 0.05) is 19.2 Å². The van der Waals surface area contributed by atoms with Gasteiger partial charge in [0.05, 0.1) is 16.6 Å². The molecule has 0 saturated carbocycles. The van der Waals surface area contributed by atoms with Crippen LogP contribution in [0.3, 0.4) is 0 Å². The van der Waals surface area contributed by atoms with E-state index < -0.39 is 0 Å². The third-order valence-corrected chi connectivity index (χ3v) is 5.96. The molecule has 1 unspecified atom stereocenters. The Morgan fingerprint density at radius 3 is 2.40 bits per heavy atom. The van der Waals surface area contributed by atoms with Crippen LogP contribution in [0.5, 0.6) is 11.5 Å². The summed E-state index contributed by atoms with van der Waals surface area (Å²) in [5.41, 5.74) is 2.50. The molecule has 0 bridgehead atoms. The minimum atomic E-state index is -0.266. The minimum Gasteiger partial charge on any atom is -0.507 e. The van der Waals surface area contributed by atoms with Gasteiger partial charge in [0.2, 0.25) is 0 Å². The van der Waals surface area contributed by atoms with Gasteiger partial charge in [0.15, 0.2) is 0 Å². The average molecular weight is 431 g/mol. The molecule has 0 aromatic heterocycles. The van der Waals surface area contributed by atoms with Gasteiger partial charge < -0.3 is 15.1 Å². The SMILES string of the molecule is CCCN(CCC)Cc1ccc(C2CCCN2C(=O)c2cc(Cl)c(O)cc2O)cc1. The fourth-order valence-corrected chi connectivity index (χ4v) is 4.40. The van der Waals surface area contributed by atoms with Gasteiger partial charge in [-0.3, -0.25) is 9.69 Å². The maximum Gasteiger partial charge on any atom is 0.258 e. The van der Waals surface area contributed by atoms with Crippen LogP contribution in [0.25, 0.3) is 0 Å². The molecule has 0 radical (unpaired) electrons. The summed E-state index contributed by atoms with van der Waals surface area (Å²) in [6.45, 7) is 8.17. The Morgan fingerprint density at radius 2 is 1.77 bits per heavy atom. The molecule has 1 saturated heterocycles. The van der Waals surface area contributed by atoms with Crippen molar-refractivity contribution >= 4 is 17.5 Å². The Kier molecular flexibility index (Phi) is 7.62. The number of rotatable bonds is 8. The maximum atomic E-state index is 13.1. The highest BCUT2D eigenvalue weighted by Gasteiger charge is 2.32. The maximum absolute atomic E-state index is 13.1. The van der Waals surface area contributed by atoms with Crippen molar-refractivity contribution in [1.82, 2.24) is 9.80 Å². The van der Waals surface area contributed by atoms with Gasteiger partial charge in [0.1, 0.15) is 11.5 Å². The van der Waals surface area contributed by atoms with Gasteiger partial charge in [-0.15, -0.1) is 0 Å². The molecule has 2 aromatic carbocycles. The van der Waals surface area contributed by atoms with Crippen LogP contribution in [0.1, 0.15) is 67.1 Å². The lowest BCUT2D eigenvalue weighted by Crippen LogP contribution is -2.30. The number of phenols is 2. The summed E-state index contributed by atoms with van der Waals surface area (Å²) in [6.07, 6.45) is 4.08. The van der Waals surface area contributed by atoms with E-state index >= 15 is 0 Å². The van der Waals surface area contributed by atoms with Gasteiger partial charge in [-0.2, -0.15) is 0 Å². The smallest absolute Gasteiger partial charge is 0.258 e. The fourth-order valence-electron chi connectivity index (χ4n) is 4.24. The van der Waals surface area contributed by atoms with E-state index in [1.54, 1.807) is 4.90 Å². The molecular formula is C24H31ClN2O3. The van der Waals surface area contributed by atoms with E-state index in [0.29, 0.717) is 6.54 Å². The molecule has 30 heavy (non-hydrogen) atoms. The number of carbonyl (C=O) groups excluding carboxylic acids is 1. The van der Waals surface area contributed by atoms with Crippen molar-refractivity contribution in [1.29, 1.82) is 0 Å².